The second-order valence-electron chi connectivity index (χ2n) is 8.26. The van der Waals surface area contributed by atoms with Gasteiger partial charge in [0.05, 0.1) is 13.2 Å². The summed E-state index contributed by atoms with van der Waals surface area (Å²) in [5.41, 5.74) is 3.45. The van der Waals surface area contributed by atoms with Crippen LogP contribution in [0.1, 0.15) is 35.9 Å². The number of ether oxygens (including phenoxy) is 3. The van der Waals surface area contributed by atoms with Gasteiger partial charge in [0.2, 0.25) is 11.6 Å². The molecule has 0 spiro atoms. The number of rotatable bonds is 3. The first-order chi connectivity index (χ1) is 16.2. The van der Waals surface area contributed by atoms with Crippen LogP contribution in [-0.4, -0.2) is 36.4 Å². The number of hydrogen-bond donors (Lipinski definition) is 2. The Morgan fingerprint density at radius 1 is 0.939 bits per heavy atom. The molecule has 3 aromatic rings. The minimum Gasteiger partial charge on any atom is -0.497 e. The molecule has 0 amide bonds. The SMILES string of the molecule is COc1ccc([C@@H]2CC(=O)C3=C(C2)Nc2nonc2N[C@H]3c2ccc3c(c2)OCCO3)cc1. The van der Waals surface area contributed by atoms with Crippen LogP contribution in [0.2, 0.25) is 0 Å². The van der Waals surface area contributed by atoms with Gasteiger partial charge in [-0.15, -0.1) is 0 Å². The zero-order valence-electron chi connectivity index (χ0n) is 18.0. The van der Waals surface area contributed by atoms with E-state index in [1.807, 2.05) is 42.5 Å². The summed E-state index contributed by atoms with van der Waals surface area (Å²) in [6.45, 7) is 1.01. The van der Waals surface area contributed by atoms with E-state index < -0.39 is 6.04 Å². The highest BCUT2D eigenvalue weighted by Crippen LogP contribution is 2.45. The van der Waals surface area contributed by atoms with Gasteiger partial charge in [-0.3, -0.25) is 4.79 Å². The molecule has 0 bridgehead atoms. The number of carbonyl (C=O) groups is 1. The van der Waals surface area contributed by atoms with Crippen LogP contribution in [0.15, 0.2) is 58.4 Å². The topological polar surface area (TPSA) is 108 Å². The van der Waals surface area contributed by atoms with Gasteiger partial charge >= 0.3 is 0 Å². The molecular weight excluding hydrogens is 424 g/mol. The molecule has 2 N–H and O–H groups in total. The standard InChI is InChI=1S/C24H22N4O5/c1-30-16-5-2-13(3-6-16)15-10-17-21(18(29)11-15)22(26-24-23(25-17)27-33-28-24)14-4-7-19-20(12-14)32-9-8-31-19/h2-7,12,15,22H,8-11H2,1H3,(H,25,27)(H,26,28)/t15-,22-/m0/s1. The molecule has 2 aromatic carbocycles. The number of anilines is 2. The molecule has 1 aromatic heterocycles. The fourth-order valence-corrected chi connectivity index (χ4v) is 4.70. The Kier molecular flexibility index (Phi) is 4.67. The van der Waals surface area contributed by atoms with E-state index in [9.17, 15) is 4.79 Å². The Balaban J connectivity index is 1.40. The Bertz CT molecular complexity index is 1250. The molecule has 0 fully saturated rings. The van der Waals surface area contributed by atoms with Crippen molar-refractivity contribution in [3.63, 3.8) is 0 Å². The van der Waals surface area contributed by atoms with Crippen molar-refractivity contribution in [2.45, 2.75) is 24.8 Å². The quantitative estimate of drug-likeness (QED) is 0.620. The van der Waals surface area contributed by atoms with E-state index in [0.29, 0.717) is 54.8 Å². The molecule has 33 heavy (non-hydrogen) atoms. The third-order valence-electron chi connectivity index (χ3n) is 6.32. The number of ketones is 1. The summed E-state index contributed by atoms with van der Waals surface area (Å²) in [6, 6.07) is 13.2. The average Bonchev–Trinajstić information content (AvgIpc) is 3.22. The highest BCUT2D eigenvalue weighted by atomic mass is 16.6. The molecule has 168 valence electrons. The van der Waals surface area contributed by atoms with Crippen LogP contribution in [0.5, 0.6) is 17.2 Å². The Hall–Kier alpha value is -4.01. The molecular formula is C24H22N4O5. The summed E-state index contributed by atoms with van der Waals surface area (Å²) >= 11 is 0. The third-order valence-corrected chi connectivity index (χ3v) is 6.32. The predicted octanol–water partition coefficient (Wildman–Crippen LogP) is 3.83. The fourth-order valence-electron chi connectivity index (χ4n) is 4.70. The molecule has 6 rings (SSSR count). The van der Waals surface area contributed by atoms with E-state index in [4.69, 9.17) is 18.8 Å². The zero-order valence-corrected chi connectivity index (χ0v) is 18.0. The number of carbonyl (C=O) groups excluding carboxylic acids is 1. The monoisotopic (exact) mass is 446 g/mol. The van der Waals surface area contributed by atoms with Gasteiger partial charge < -0.3 is 24.8 Å². The summed E-state index contributed by atoms with van der Waals surface area (Å²) in [6.07, 6.45) is 1.06. The summed E-state index contributed by atoms with van der Waals surface area (Å²) < 4.78 is 21.7. The van der Waals surface area contributed by atoms with E-state index >= 15 is 0 Å². The van der Waals surface area contributed by atoms with Crippen molar-refractivity contribution in [2.24, 2.45) is 0 Å². The smallest absolute Gasteiger partial charge is 0.219 e. The third kappa shape index (κ3) is 3.45. The van der Waals surface area contributed by atoms with Gasteiger partial charge in [-0.2, -0.15) is 0 Å². The van der Waals surface area contributed by atoms with Crippen molar-refractivity contribution < 1.29 is 23.6 Å². The first-order valence-corrected chi connectivity index (χ1v) is 10.9. The average molecular weight is 446 g/mol. The van der Waals surface area contributed by atoms with Crippen LogP contribution >= 0.6 is 0 Å². The van der Waals surface area contributed by atoms with Crippen molar-refractivity contribution in [1.29, 1.82) is 0 Å². The normalized spacial score (nSPS) is 21.3. The fraction of sp³-hybridized carbons (Fsp3) is 0.292. The molecule has 3 heterocycles. The maximum absolute atomic E-state index is 13.6. The van der Waals surface area contributed by atoms with Gasteiger partial charge in [-0.1, -0.05) is 18.2 Å². The number of fused-ring (bicyclic) bond motifs is 2. The second kappa shape index (κ2) is 7.84. The number of Topliss-reactive ketones (excluding diaryl/α,β-unsaturated/α-hetero) is 1. The van der Waals surface area contributed by atoms with Gasteiger partial charge in [-0.05, 0) is 58.0 Å². The molecule has 2 atom stereocenters. The van der Waals surface area contributed by atoms with Crippen molar-refractivity contribution in [3.8, 4) is 17.2 Å². The highest BCUT2D eigenvalue weighted by molar-refractivity contribution is 6.00. The maximum Gasteiger partial charge on any atom is 0.219 e. The van der Waals surface area contributed by atoms with E-state index in [1.54, 1.807) is 7.11 Å². The van der Waals surface area contributed by atoms with Crippen LogP contribution in [0, 0.1) is 0 Å². The lowest BCUT2D eigenvalue weighted by Crippen LogP contribution is -2.27. The second-order valence-corrected chi connectivity index (χ2v) is 8.26. The number of allylic oxidation sites excluding steroid dienone is 1. The van der Waals surface area contributed by atoms with Crippen molar-refractivity contribution >= 4 is 17.4 Å². The van der Waals surface area contributed by atoms with Crippen molar-refractivity contribution in [1.82, 2.24) is 10.3 Å². The first-order valence-electron chi connectivity index (χ1n) is 10.9. The molecule has 9 nitrogen and oxygen atoms in total. The van der Waals surface area contributed by atoms with Gasteiger partial charge in [0.15, 0.2) is 17.3 Å². The molecule has 0 saturated heterocycles. The van der Waals surface area contributed by atoms with Gasteiger partial charge in [0.1, 0.15) is 19.0 Å². The predicted molar refractivity (Wildman–Crippen MR) is 119 cm³/mol. The van der Waals surface area contributed by atoms with Crippen molar-refractivity contribution in [3.05, 3.63) is 64.9 Å². The van der Waals surface area contributed by atoms with E-state index in [0.717, 1.165) is 22.6 Å². The summed E-state index contributed by atoms with van der Waals surface area (Å²) in [5, 5.41) is 14.6. The summed E-state index contributed by atoms with van der Waals surface area (Å²) in [4.78, 5) is 13.6. The largest absolute Gasteiger partial charge is 0.497 e. The molecule has 3 aliphatic rings. The van der Waals surface area contributed by atoms with Gasteiger partial charge in [0, 0.05) is 17.7 Å². The lowest BCUT2D eigenvalue weighted by molar-refractivity contribution is -0.116. The Labute approximate surface area is 189 Å². The molecule has 0 saturated carbocycles. The number of aromatic nitrogens is 2. The van der Waals surface area contributed by atoms with Crippen LogP contribution in [0.3, 0.4) is 0 Å². The van der Waals surface area contributed by atoms with E-state index in [1.165, 1.54) is 0 Å². The molecule has 0 unspecified atom stereocenters. The Morgan fingerprint density at radius 3 is 2.52 bits per heavy atom. The lowest BCUT2D eigenvalue weighted by Gasteiger charge is -2.30. The molecule has 0 radical (unpaired) electrons. The lowest BCUT2D eigenvalue weighted by atomic mass is 9.78. The minimum atomic E-state index is -0.430. The number of methoxy groups -OCH3 is 1. The minimum absolute atomic E-state index is 0.0389. The van der Waals surface area contributed by atoms with Gasteiger partial charge in [-0.25, -0.2) is 4.63 Å². The van der Waals surface area contributed by atoms with E-state index in [2.05, 4.69) is 20.9 Å². The molecule has 2 aliphatic heterocycles. The number of nitrogens with zero attached hydrogens (tertiary/aromatic N) is 2. The number of hydrogen-bond acceptors (Lipinski definition) is 9. The number of benzene rings is 2. The first kappa shape index (κ1) is 19.7. The molecule has 1 aliphatic carbocycles. The van der Waals surface area contributed by atoms with Crippen LogP contribution in [0.4, 0.5) is 11.6 Å². The highest BCUT2D eigenvalue weighted by Gasteiger charge is 2.37. The molecule has 9 heteroatoms. The van der Waals surface area contributed by atoms with Crippen LogP contribution in [0.25, 0.3) is 0 Å². The summed E-state index contributed by atoms with van der Waals surface area (Å²) in [7, 11) is 1.64. The zero-order chi connectivity index (χ0) is 22.4. The van der Waals surface area contributed by atoms with Crippen LogP contribution < -0.4 is 24.8 Å². The van der Waals surface area contributed by atoms with E-state index in [-0.39, 0.29) is 11.7 Å². The maximum atomic E-state index is 13.6. The van der Waals surface area contributed by atoms with Crippen LogP contribution in [-0.2, 0) is 4.79 Å². The summed E-state index contributed by atoms with van der Waals surface area (Å²) in [5.74, 6) is 3.18. The van der Waals surface area contributed by atoms with Gasteiger partial charge in [0.25, 0.3) is 0 Å². The van der Waals surface area contributed by atoms with Crippen molar-refractivity contribution in [2.75, 3.05) is 31.0 Å². The Morgan fingerprint density at radius 2 is 1.70 bits per heavy atom. The number of nitrogens with one attached hydrogen (secondary N) is 2.